The lowest BCUT2D eigenvalue weighted by molar-refractivity contribution is -0.124. The van der Waals surface area contributed by atoms with Crippen molar-refractivity contribution in [1.82, 2.24) is 16.0 Å². The fourth-order valence-electron chi connectivity index (χ4n) is 0.942. The number of nitrogens with one attached hydrogen (secondary N) is 3. The highest BCUT2D eigenvalue weighted by molar-refractivity contribution is 5.79. The molecule has 2 amide bonds. The van der Waals surface area contributed by atoms with Gasteiger partial charge in [-0.2, -0.15) is 0 Å². The summed E-state index contributed by atoms with van der Waals surface area (Å²) < 4.78 is 0. The maximum absolute atomic E-state index is 11.2. The molecule has 0 aromatic heterocycles. The molecule has 0 aliphatic carbocycles. The number of hydrogen-bond donors (Lipinski definition) is 3. The molecule has 0 unspecified atom stereocenters. The van der Waals surface area contributed by atoms with Crippen molar-refractivity contribution in [2.24, 2.45) is 5.92 Å². The molecule has 0 fully saturated rings. The average Bonchev–Trinajstić information content (AvgIpc) is 2.24. The molecular weight excluding hydrogens is 206 g/mol. The fourth-order valence-corrected chi connectivity index (χ4v) is 0.942. The smallest absolute Gasteiger partial charge is 0.234 e. The molecule has 0 saturated heterocycles. The number of carbonyl (C=O) groups is 2. The van der Waals surface area contributed by atoms with E-state index >= 15 is 0 Å². The van der Waals surface area contributed by atoms with Crippen molar-refractivity contribution in [3.63, 3.8) is 0 Å². The molecule has 0 saturated carbocycles. The van der Waals surface area contributed by atoms with Crippen LogP contribution in [0.4, 0.5) is 0 Å². The monoisotopic (exact) mass is 227 g/mol. The van der Waals surface area contributed by atoms with Gasteiger partial charge >= 0.3 is 0 Å². The van der Waals surface area contributed by atoms with Crippen molar-refractivity contribution in [1.29, 1.82) is 0 Å². The number of carbonyl (C=O) groups excluding carboxylic acids is 2. The third kappa shape index (κ3) is 7.99. The lowest BCUT2D eigenvalue weighted by Gasteiger charge is -2.08. The van der Waals surface area contributed by atoms with E-state index in [4.69, 9.17) is 0 Å². The molecule has 0 atom stereocenters. The van der Waals surface area contributed by atoms with Crippen molar-refractivity contribution in [3.8, 4) is 0 Å². The van der Waals surface area contributed by atoms with E-state index in [0.29, 0.717) is 19.6 Å². The Labute approximate surface area is 96.7 Å². The number of amides is 2. The van der Waals surface area contributed by atoms with Crippen LogP contribution in [0.2, 0.25) is 0 Å². The number of hydrogen-bond acceptors (Lipinski definition) is 3. The Balaban J connectivity index is 3.40. The molecule has 0 aromatic carbocycles. The molecule has 0 rings (SSSR count). The second-order valence-electron chi connectivity index (χ2n) is 3.72. The summed E-state index contributed by atoms with van der Waals surface area (Å²) in [6.07, 6.45) is 1.69. The van der Waals surface area contributed by atoms with Crippen LogP contribution in [0.3, 0.4) is 0 Å². The Morgan fingerprint density at radius 2 is 1.88 bits per heavy atom. The summed E-state index contributed by atoms with van der Waals surface area (Å²) in [7, 11) is 0. The van der Waals surface area contributed by atoms with Gasteiger partial charge in [0.15, 0.2) is 0 Å². The molecule has 0 aliphatic heterocycles. The summed E-state index contributed by atoms with van der Waals surface area (Å²) in [5.41, 5.74) is 0. The first-order valence-electron chi connectivity index (χ1n) is 5.44. The van der Waals surface area contributed by atoms with Crippen LogP contribution in [0.1, 0.15) is 13.8 Å². The first-order valence-corrected chi connectivity index (χ1v) is 5.44. The summed E-state index contributed by atoms with van der Waals surface area (Å²) in [5, 5.41) is 8.29. The Morgan fingerprint density at radius 3 is 2.44 bits per heavy atom. The molecule has 0 aliphatic rings. The predicted octanol–water partition coefficient (Wildman–Crippen LogP) is -0.350. The molecule has 3 N–H and O–H groups in total. The molecule has 92 valence electrons. The van der Waals surface area contributed by atoms with Crippen molar-refractivity contribution in [3.05, 3.63) is 12.7 Å². The van der Waals surface area contributed by atoms with Gasteiger partial charge in [-0.1, -0.05) is 19.9 Å². The van der Waals surface area contributed by atoms with Crippen molar-refractivity contribution >= 4 is 11.8 Å². The minimum atomic E-state index is -0.0827. The van der Waals surface area contributed by atoms with Crippen LogP contribution in [0, 0.1) is 5.92 Å². The van der Waals surface area contributed by atoms with Gasteiger partial charge in [-0.3, -0.25) is 9.59 Å². The summed E-state index contributed by atoms with van der Waals surface area (Å²) in [6.45, 7) is 8.97. The summed E-state index contributed by atoms with van der Waals surface area (Å²) >= 11 is 0. The zero-order valence-electron chi connectivity index (χ0n) is 10.0. The topological polar surface area (TPSA) is 70.2 Å². The van der Waals surface area contributed by atoms with Gasteiger partial charge < -0.3 is 16.0 Å². The second kappa shape index (κ2) is 8.91. The van der Waals surface area contributed by atoms with Crippen LogP contribution < -0.4 is 16.0 Å². The van der Waals surface area contributed by atoms with Gasteiger partial charge in [0.05, 0.1) is 6.54 Å². The average molecular weight is 227 g/mol. The van der Waals surface area contributed by atoms with Crippen LogP contribution in [-0.4, -0.2) is 38.0 Å². The first-order chi connectivity index (χ1) is 7.57. The van der Waals surface area contributed by atoms with Gasteiger partial charge in [0.25, 0.3) is 0 Å². The van der Waals surface area contributed by atoms with Gasteiger partial charge in [-0.15, -0.1) is 6.58 Å². The summed E-state index contributed by atoms with van der Waals surface area (Å²) in [5.74, 6) is -0.107. The van der Waals surface area contributed by atoms with Gasteiger partial charge in [0.2, 0.25) is 11.8 Å². The van der Waals surface area contributed by atoms with E-state index in [1.165, 1.54) is 0 Å². The standard InChI is InChI=1S/C11H21N3O2/c1-4-5-12-8-10(15)13-6-7-14-11(16)9(2)3/h4,9,12H,1,5-8H2,2-3H3,(H,13,15)(H,14,16). The Kier molecular flexibility index (Phi) is 8.15. The van der Waals surface area contributed by atoms with E-state index < -0.39 is 0 Å². The molecule has 0 spiro atoms. The molecule has 0 bridgehead atoms. The Bertz CT molecular complexity index is 239. The summed E-state index contributed by atoms with van der Waals surface area (Å²) in [4.78, 5) is 22.3. The van der Waals surface area contributed by atoms with Gasteiger partial charge in [0, 0.05) is 25.6 Å². The van der Waals surface area contributed by atoms with Crippen LogP contribution in [-0.2, 0) is 9.59 Å². The van der Waals surface area contributed by atoms with Crippen LogP contribution in [0.5, 0.6) is 0 Å². The Hall–Kier alpha value is -1.36. The third-order valence-corrected chi connectivity index (χ3v) is 1.85. The van der Waals surface area contributed by atoms with E-state index in [1.807, 2.05) is 13.8 Å². The zero-order chi connectivity index (χ0) is 12.4. The highest BCUT2D eigenvalue weighted by Gasteiger charge is 2.05. The molecule has 0 aromatic rings. The van der Waals surface area contributed by atoms with Crippen LogP contribution >= 0.6 is 0 Å². The highest BCUT2D eigenvalue weighted by Crippen LogP contribution is 1.88. The molecular formula is C11H21N3O2. The van der Waals surface area contributed by atoms with Crippen molar-refractivity contribution in [2.75, 3.05) is 26.2 Å². The summed E-state index contributed by atoms with van der Waals surface area (Å²) in [6, 6.07) is 0. The molecule has 0 heterocycles. The normalized spacial score (nSPS) is 9.94. The van der Waals surface area contributed by atoms with Crippen molar-refractivity contribution in [2.45, 2.75) is 13.8 Å². The van der Waals surface area contributed by atoms with E-state index in [-0.39, 0.29) is 24.3 Å². The molecule has 16 heavy (non-hydrogen) atoms. The highest BCUT2D eigenvalue weighted by atomic mass is 16.2. The van der Waals surface area contributed by atoms with Gasteiger partial charge in [-0.25, -0.2) is 0 Å². The van der Waals surface area contributed by atoms with E-state index in [1.54, 1.807) is 6.08 Å². The second-order valence-corrected chi connectivity index (χ2v) is 3.72. The molecule has 5 heteroatoms. The van der Waals surface area contributed by atoms with Gasteiger partial charge in [-0.05, 0) is 0 Å². The van der Waals surface area contributed by atoms with Gasteiger partial charge in [0.1, 0.15) is 0 Å². The maximum Gasteiger partial charge on any atom is 0.234 e. The predicted molar refractivity (Wildman–Crippen MR) is 63.9 cm³/mol. The molecule has 5 nitrogen and oxygen atoms in total. The van der Waals surface area contributed by atoms with E-state index in [2.05, 4.69) is 22.5 Å². The van der Waals surface area contributed by atoms with Crippen LogP contribution in [0.25, 0.3) is 0 Å². The SMILES string of the molecule is C=CCNCC(=O)NCCNC(=O)C(C)C. The minimum Gasteiger partial charge on any atom is -0.354 e. The maximum atomic E-state index is 11.2. The van der Waals surface area contributed by atoms with E-state index in [0.717, 1.165) is 0 Å². The van der Waals surface area contributed by atoms with Crippen molar-refractivity contribution < 1.29 is 9.59 Å². The quantitative estimate of drug-likeness (QED) is 0.392. The lowest BCUT2D eigenvalue weighted by atomic mass is 10.2. The third-order valence-electron chi connectivity index (χ3n) is 1.85. The number of rotatable bonds is 8. The zero-order valence-corrected chi connectivity index (χ0v) is 10.0. The van der Waals surface area contributed by atoms with E-state index in [9.17, 15) is 9.59 Å². The molecule has 0 radical (unpaired) electrons. The fraction of sp³-hybridized carbons (Fsp3) is 0.636. The Morgan fingerprint density at radius 1 is 1.25 bits per heavy atom. The minimum absolute atomic E-state index is 0.000897. The largest absolute Gasteiger partial charge is 0.354 e. The van der Waals surface area contributed by atoms with Crippen LogP contribution in [0.15, 0.2) is 12.7 Å². The lowest BCUT2D eigenvalue weighted by Crippen LogP contribution is -2.39. The first kappa shape index (κ1) is 14.6.